The van der Waals surface area contributed by atoms with Gasteiger partial charge in [-0.05, 0) is 78.2 Å². The second-order valence-electron chi connectivity index (χ2n) is 10.8. The van der Waals surface area contributed by atoms with Crippen molar-refractivity contribution >= 4 is 80.9 Å². The van der Waals surface area contributed by atoms with Crippen LogP contribution in [0.1, 0.15) is 5.56 Å². The molecule has 53 heavy (non-hydrogen) atoms. The summed E-state index contributed by atoms with van der Waals surface area (Å²) in [4.78, 5) is 53.7. The summed E-state index contributed by atoms with van der Waals surface area (Å²) >= 11 is 0. The number of hydrazone groups is 2. The van der Waals surface area contributed by atoms with Crippen LogP contribution in [0.5, 0.6) is 0 Å². The average Bonchev–Trinajstić information content (AvgIpc) is 3.62. The molecule has 0 saturated heterocycles. The molecule has 18 nitrogen and oxygen atoms in total. The monoisotopic (exact) mass is 731 g/mol. The molecule has 0 aliphatic carbocycles. The number of aliphatic imine (C=N–C) groups is 1. The van der Waals surface area contributed by atoms with Gasteiger partial charge in [0.1, 0.15) is 5.71 Å². The molecule has 4 aromatic rings. The van der Waals surface area contributed by atoms with Gasteiger partial charge in [0.2, 0.25) is 6.04 Å². The van der Waals surface area contributed by atoms with Crippen molar-refractivity contribution in [2.45, 2.75) is 12.1 Å². The fourth-order valence-electron chi connectivity index (χ4n) is 4.85. The minimum absolute atomic E-state index is 0. The van der Waals surface area contributed by atoms with E-state index in [4.69, 9.17) is 11.5 Å². The van der Waals surface area contributed by atoms with Crippen LogP contribution in [-0.4, -0.2) is 58.3 Å². The summed E-state index contributed by atoms with van der Waals surface area (Å²) in [6.45, 7) is 0. The Hall–Kier alpha value is -5.63. The van der Waals surface area contributed by atoms with Crippen molar-refractivity contribution in [1.82, 2.24) is 0 Å². The van der Waals surface area contributed by atoms with Gasteiger partial charge in [0.15, 0.2) is 11.8 Å². The van der Waals surface area contributed by atoms with Crippen LogP contribution in [0.3, 0.4) is 0 Å². The van der Waals surface area contributed by atoms with Gasteiger partial charge in [-0.25, -0.2) is 4.79 Å². The first-order valence-corrected chi connectivity index (χ1v) is 14.8. The molecule has 2 atom stereocenters. The number of azo groups is 2. The van der Waals surface area contributed by atoms with Crippen molar-refractivity contribution in [2.75, 3.05) is 21.5 Å². The van der Waals surface area contributed by atoms with Gasteiger partial charge in [0.05, 0.1) is 34.4 Å². The summed E-state index contributed by atoms with van der Waals surface area (Å²) in [5.74, 6) is -5.43. The van der Waals surface area contributed by atoms with Crippen LogP contribution >= 0.6 is 0 Å². The number of amides is 2. The van der Waals surface area contributed by atoms with Gasteiger partial charge in [-0.2, -0.15) is 40.7 Å². The standard InChI is InChI=1S/C33H25N11O7.2Na/c34-18-6-2-11-23(14-18)43-30(46)25(27(41-43)32(48)49)39-37-21-9-1-5-17(13-21)29(45)36-20-8-4-10-22(16-20)38-40-26-28(33(50)51)42-44(31(26)47)24-12-3-7-19(35)15-24;;/h1-16,25-26H,34-35H2,(H,36,45)(H,48,49)(H,50,51);;/q;2*+1/p-2. The number of hydrogen-bond donors (Lipinski definition) is 3. The number of benzene rings is 4. The molecular weight excluding hydrogens is 708 g/mol. The molecule has 0 fully saturated rings. The van der Waals surface area contributed by atoms with E-state index in [2.05, 4.69) is 35.7 Å². The summed E-state index contributed by atoms with van der Waals surface area (Å²) < 4.78 is 0. The van der Waals surface area contributed by atoms with Crippen molar-refractivity contribution in [1.29, 1.82) is 0 Å². The van der Waals surface area contributed by atoms with Gasteiger partial charge in [0.25, 0.3) is 11.8 Å². The van der Waals surface area contributed by atoms with Crippen molar-refractivity contribution < 1.29 is 93.6 Å². The van der Waals surface area contributed by atoms with E-state index < -0.39 is 53.2 Å². The van der Waals surface area contributed by atoms with Gasteiger partial charge in [0, 0.05) is 11.4 Å². The van der Waals surface area contributed by atoms with E-state index >= 15 is 0 Å². The predicted molar refractivity (Wildman–Crippen MR) is 180 cm³/mol. The van der Waals surface area contributed by atoms with E-state index in [1.54, 1.807) is 24.3 Å². The van der Waals surface area contributed by atoms with E-state index in [9.17, 15) is 34.5 Å². The summed E-state index contributed by atoms with van der Waals surface area (Å²) in [6, 6.07) is 20.8. The molecule has 0 spiro atoms. The second-order valence-corrected chi connectivity index (χ2v) is 10.8. The Morgan fingerprint density at radius 1 is 0.660 bits per heavy atom. The number of aliphatic carboxylic acids is 2. The van der Waals surface area contributed by atoms with Crippen LogP contribution in [0, 0.1) is 0 Å². The number of carboxylic acid groups (broad SMARTS) is 2. The summed E-state index contributed by atoms with van der Waals surface area (Å²) in [7, 11) is 0. The van der Waals surface area contributed by atoms with Crippen molar-refractivity contribution in [3.05, 3.63) is 103 Å². The number of hydrogen-bond acceptors (Lipinski definition) is 15. The maximum atomic E-state index is 13.1. The van der Waals surface area contributed by atoms with Crippen molar-refractivity contribution in [3.63, 3.8) is 0 Å². The molecular formula is C33H23N11Na2O7. The number of nitrogens with two attached hydrogens (primary N) is 2. The number of nitrogens with zero attached hydrogens (tertiary/aromatic N) is 9. The number of carbonyl (C=O) groups is 4. The molecule has 4 aromatic carbocycles. The third-order valence-corrected chi connectivity index (χ3v) is 7.21. The maximum absolute atomic E-state index is 13.1. The average molecular weight is 732 g/mol. The summed E-state index contributed by atoms with van der Waals surface area (Å²) in [6.07, 6.45) is 0. The number of rotatable bonds is 10. The van der Waals surface area contributed by atoms with Gasteiger partial charge in [-0.1, -0.05) is 30.3 Å². The quantitative estimate of drug-likeness (QED) is 0.0469. The van der Waals surface area contributed by atoms with Gasteiger partial charge < -0.3 is 31.6 Å². The first-order valence-electron chi connectivity index (χ1n) is 14.8. The van der Waals surface area contributed by atoms with Crippen LogP contribution in [0.25, 0.3) is 0 Å². The maximum Gasteiger partial charge on any atom is 1.00 e. The molecule has 2 aliphatic rings. The zero-order valence-corrected chi connectivity index (χ0v) is 32.0. The molecule has 0 radical (unpaired) electrons. The topological polar surface area (TPSA) is 280 Å². The molecule has 0 bridgehead atoms. The molecule has 254 valence electrons. The number of carbonyl (C=O) groups excluding carboxylic acids is 3. The van der Waals surface area contributed by atoms with Crippen LogP contribution in [0.15, 0.2) is 133 Å². The Morgan fingerprint density at radius 2 is 1.13 bits per heavy atom. The predicted octanol–water partition coefficient (Wildman–Crippen LogP) is -4.16. The van der Waals surface area contributed by atoms with E-state index in [1.165, 1.54) is 72.8 Å². The largest absolute Gasteiger partial charge is 1.00 e. The fourth-order valence-corrected chi connectivity index (χ4v) is 4.85. The van der Waals surface area contributed by atoms with Crippen LogP contribution in [0.2, 0.25) is 0 Å². The van der Waals surface area contributed by atoms with Crippen molar-refractivity contribution in [2.24, 2.45) is 35.7 Å². The molecule has 2 unspecified atom stereocenters. The molecule has 0 aromatic heterocycles. The molecule has 0 saturated carbocycles. The molecule has 5 N–H and O–H groups in total. The first kappa shape index (κ1) is 40.1. The summed E-state index contributed by atoms with van der Waals surface area (Å²) in [5.41, 5.74) is 12.0. The Kier molecular flexibility index (Phi) is 13.1. The van der Waals surface area contributed by atoms with Gasteiger partial charge in [-0.15, -0.1) is 0 Å². The Labute approximate surface area is 343 Å². The van der Waals surface area contributed by atoms with Gasteiger partial charge in [-0.3, -0.25) is 14.6 Å². The van der Waals surface area contributed by atoms with Crippen LogP contribution in [-0.2, 0) is 19.2 Å². The third kappa shape index (κ3) is 9.06. The molecule has 2 amide bonds. The Bertz CT molecular complexity index is 2260. The number of anilines is 4. The van der Waals surface area contributed by atoms with E-state index in [1.807, 2.05) is 0 Å². The van der Waals surface area contributed by atoms with Crippen molar-refractivity contribution in [3.8, 4) is 0 Å². The number of nitrogen functional groups attached to an aromatic ring is 2. The van der Waals surface area contributed by atoms with E-state index in [-0.39, 0.29) is 93.1 Å². The minimum atomic E-state index is -1.71. The smallest absolute Gasteiger partial charge is 0.858 e. The second kappa shape index (κ2) is 17.3. The van der Waals surface area contributed by atoms with Gasteiger partial charge >= 0.3 is 65.1 Å². The SMILES string of the molecule is Nc1cccc(N2N=C(C(=O)[O-])C(N=Nc3cccc(C([O-])=Nc4cccc(N=NC5C(=O)N(c6cccc(N)c6)N=C5C(=O)O)c4)c3)C2=O)c1.[Na+].[Na+]. The summed E-state index contributed by atoms with van der Waals surface area (Å²) in [5, 5.41) is 59.7. The van der Waals surface area contributed by atoms with Crippen LogP contribution < -0.4 is 90.8 Å². The Morgan fingerprint density at radius 3 is 1.66 bits per heavy atom. The minimum Gasteiger partial charge on any atom is -0.858 e. The zero-order valence-electron chi connectivity index (χ0n) is 28.0. The zero-order chi connectivity index (χ0) is 36.2. The fraction of sp³-hybridized carbons (Fsp3) is 0.0606. The molecule has 2 aliphatic heterocycles. The third-order valence-electron chi connectivity index (χ3n) is 7.21. The van der Waals surface area contributed by atoms with Crippen LogP contribution in [0.4, 0.5) is 39.8 Å². The number of carboxylic acids is 2. The molecule has 6 rings (SSSR count). The Balaban J connectivity index is 0.00000314. The first-order chi connectivity index (χ1) is 24.5. The normalized spacial score (nSPS) is 17.1. The molecule has 2 heterocycles. The van der Waals surface area contributed by atoms with E-state index in [0.717, 1.165) is 10.0 Å². The molecule has 20 heteroatoms. The van der Waals surface area contributed by atoms with E-state index in [0.29, 0.717) is 11.4 Å².